The van der Waals surface area contributed by atoms with Gasteiger partial charge in [-0.25, -0.2) is 5.43 Å². The number of hydrogen-bond donors (Lipinski definition) is 1. The molecule has 2 aromatic rings. The Morgan fingerprint density at radius 1 is 1.07 bits per heavy atom. The molecule has 0 bridgehead atoms. The second-order valence-electron chi connectivity index (χ2n) is 7.28. The lowest BCUT2D eigenvalue weighted by atomic mass is 10.1. The fourth-order valence-electron chi connectivity index (χ4n) is 3.11. The molecule has 1 atom stereocenters. The Morgan fingerprint density at radius 2 is 1.80 bits per heavy atom. The van der Waals surface area contributed by atoms with E-state index < -0.39 is 6.10 Å². The van der Waals surface area contributed by atoms with E-state index in [4.69, 9.17) is 14.2 Å². The minimum absolute atomic E-state index is 0.156. The zero-order valence-electron chi connectivity index (χ0n) is 17.5. The summed E-state index contributed by atoms with van der Waals surface area (Å²) in [5.41, 5.74) is 3.37. The van der Waals surface area contributed by atoms with Crippen molar-refractivity contribution in [1.82, 2.24) is 5.43 Å². The maximum Gasteiger partial charge on any atom is 0.284 e. The Balaban J connectivity index is 1.36. The molecule has 1 unspecified atom stereocenters. The number of fused-ring (bicyclic) bond motifs is 1. The van der Waals surface area contributed by atoms with Crippen molar-refractivity contribution in [3.63, 3.8) is 0 Å². The minimum Gasteiger partial charge on any atom is -0.494 e. The molecule has 0 fully saturated rings. The van der Waals surface area contributed by atoms with Crippen molar-refractivity contribution in [2.75, 3.05) is 13.2 Å². The number of carbonyl (C=O) groups excluding carboxylic acids is 1. The molecule has 3 rings (SSSR count). The Kier molecular flexibility index (Phi) is 8.57. The number of nitrogens with zero attached hydrogens (tertiary/aromatic N) is 1. The normalized spacial score (nSPS) is 15.2. The molecule has 1 heterocycles. The van der Waals surface area contributed by atoms with Crippen molar-refractivity contribution in [2.24, 2.45) is 5.10 Å². The predicted molar refractivity (Wildman–Crippen MR) is 117 cm³/mol. The van der Waals surface area contributed by atoms with E-state index in [0.29, 0.717) is 11.5 Å². The third-order valence-electron chi connectivity index (χ3n) is 4.84. The molecule has 0 spiro atoms. The van der Waals surface area contributed by atoms with Crippen LogP contribution in [0.5, 0.6) is 17.2 Å². The van der Waals surface area contributed by atoms with Gasteiger partial charge in [-0.05, 0) is 48.4 Å². The first-order valence-corrected chi connectivity index (χ1v) is 10.7. The van der Waals surface area contributed by atoms with Crippen LogP contribution in [-0.4, -0.2) is 31.4 Å². The number of ether oxygens (including phenoxy) is 3. The van der Waals surface area contributed by atoms with Gasteiger partial charge in [-0.15, -0.1) is 0 Å². The summed E-state index contributed by atoms with van der Waals surface area (Å²) in [6, 6.07) is 14.9. The molecule has 30 heavy (non-hydrogen) atoms. The highest BCUT2D eigenvalue weighted by atomic mass is 16.6. The zero-order chi connectivity index (χ0) is 21.0. The molecule has 0 aliphatic carbocycles. The summed E-state index contributed by atoms with van der Waals surface area (Å²) in [6.07, 6.45) is 8.34. The Bertz CT molecular complexity index is 820. The first-order valence-electron chi connectivity index (χ1n) is 10.7. The Labute approximate surface area is 178 Å². The average Bonchev–Trinajstić information content (AvgIpc) is 2.79. The van der Waals surface area contributed by atoms with Crippen LogP contribution in [0, 0.1) is 0 Å². The molecule has 0 saturated heterocycles. The van der Waals surface area contributed by atoms with Gasteiger partial charge in [0.1, 0.15) is 12.4 Å². The molecular formula is C24H30N2O4. The standard InChI is InChI=1S/C24H30N2O4/c1-2-3-4-5-6-9-16-28-20-14-12-19(13-15-20)17-25-26-24(27)23-18-29-21-10-7-8-11-22(21)30-23/h7-8,10-15,17,23H,2-6,9,16,18H2,1H3,(H,26,27). The van der Waals surface area contributed by atoms with Crippen molar-refractivity contribution in [1.29, 1.82) is 0 Å². The maximum absolute atomic E-state index is 12.2. The topological polar surface area (TPSA) is 69.2 Å². The summed E-state index contributed by atoms with van der Waals surface area (Å²) < 4.78 is 17.0. The predicted octanol–water partition coefficient (Wildman–Crippen LogP) is 4.72. The van der Waals surface area contributed by atoms with E-state index in [1.807, 2.05) is 42.5 Å². The lowest BCUT2D eigenvalue weighted by Gasteiger charge is -2.24. The average molecular weight is 411 g/mol. The van der Waals surface area contributed by atoms with E-state index in [-0.39, 0.29) is 12.5 Å². The number of hydrazone groups is 1. The van der Waals surface area contributed by atoms with Gasteiger partial charge >= 0.3 is 0 Å². The zero-order valence-corrected chi connectivity index (χ0v) is 17.5. The molecule has 0 radical (unpaired) electrons. The molecule has 0 aromatic heterocycles. The van der Waals surface area contributed by atoms with Crippen molar-refractivity contribution in [3.05, 3.63) is 54.1 Å². The quantitative estimate of drug-likeness (QED) is 0.331. The van der Waals surface area contributed by atoms with Gasteiger partial charge in [0.25, 0.3) is 5.91 Å². The molecule has 160 valence electrons. The van der Waals surface area contributed by atoms with Crippen LogP contribution in [0.2, 0.25) is 0 Å². The van der Waals surface area contributed by atoms with Gasteiger partial charge in [0.2, 0.25) is 6.10 Å². The molecular weight excluding hydrogens is 380 g/mol. The third kappa shape index (κ3) is 6.79. The highest BCUT2D eigenvalue weighted by Crippen LogP contribution is 2.30. The number of amides is 1. The number of unbranched alkanes of at least 4 members (excludes halogenated alkanes) is 5. The number of para-hydroxylation sites is 2. The maximum atomic E-state index is 12.2. The lowest BCUT2D eigenvalue weighted by molar-refractivity contribution is -0.130. The van der Waals surface area contributed by atoms with Crippen LogP contribution in [0.1, 0.15) is 51.0 Å². The second-order valence-corrected chi connectivity index (χ2v) is 7.28. The van der Waals surface area contributed by atoms with E-state index in [9.17, 15) is 4.79 Å². The van der Waals surface area contributed by atoms with Crippen molar-refractivity contribution in [3.8, 4) is 17.2 Å². The first kappa shape index (κ1) is 21.7. The molecule has 6 heteroatoms. The van der Waals surface area contributed by atoms with Gasteiger partial charge in [-0.3, -0.25) is 4.79 Å². The van der Waals surface area contributed by atoms with Crippen molar-refractivity contribution < 1.29 is 19.0 Å². The number of hydrogen-bond acceptors (Lipinski definition) is 5. The van der Waals surface area contributed by atoms with Crippen molar-refractivity contribution >= 4 is 12.1 Å². The summed E-state index contributed by atoms with van der Waals surface area (Å²) in [5.74, 6) is 1.70. The second kappa shape index (κ2) is 11.9. The van der Waals surface area contributed by atoms with E-state index >= 15 is 0 Å². The highest BCUT2D eigenvalue weighted by molar-refractivity contribution is 5.85. The largest absolute Gasteiger partial charge is 0.494 e. The highest BCUT2D eigenvalue weighted by Gasteiger charge is 2.26. The monoisotopic (exact) mass is 410 g/mol. The SMILES string of the molecule is CCCCCCCCOc1ccc(C=NNC(=O)C2COc3ccccc3O2)cc1. The fraction of sp³-hybridized carbons (Fsp3) is 0.417. The van der Waals surface area contributed by atoms with E-state index in [2.05, 4.69) is 17.5 Å². The summed E-state index contributed by atoms with van der Waals surface area (Å²) in [7, 11) is 0. The number of benzene rings is 2. The van der Waals surface area contributed by atoms with Crippen molar-refractivity contribution in [2.45, 2.75) is 51.6 Å². The van der Waals surface area contributed by atoms with Crippen LogP contribution in [0.3, 0.4) is 0 Å². The van der Waals surface area contributed by atoms with Gasteiger partial charge in [0, 0.05) is 0 Å². The minimum atomic E-state index is -0.727. The smallest absolute Gasteiger partial charge is 0.284 e. The summed E-state index contributed by atoms with van der Waals surface area (Å²) in [4.78, 5) is 12.2. The Hall–Kier alpha value is -3.02. The first-order chi connectivity index (χ1) is 14.8. The van der Waals surface area contributed by atoms with Crippen LogP contribution < -0.4 is 19.6 Å². The summed E-state index contributed by atoms with van der Waals surface area (Å²) >= 11 is 0. The molecule has 1 aliphatic rings. The van der Waals surface area contributed by atoms with Gasteiger partial charge in [0.15, 0.2) is 11.5 Å². The van der Waals surface area contributed by atoms with Crippen LogP contribution in [0.15, 0.2) is 53.6 Å². The molecule has 1 N–H and O–H groups in total. The fourth-order valence-corrected chi connectivity index (χ4v) is 3.11. The molecule has 6 nitrogen and oxygen atoms in total. The summed E-state index contributed by atoms with van der Waals surface area (Å²) in [5, 5.41) is 4.01. The van der Waals surface area contributed by atoms with Crippen LogP contribution in [0.4, 0.5) is 0 Å². The molecule has 1 amide bonds. The van der Waals surface area contributed by atoms with Gasteiger partial charge < -0.3 is 14.2 Å². The van der Waals surface area contributed by atoms with E-state index in [1.54, 1.807) is 12.3 Å². The van der Waals surface area contributed by atoms with Crippen LogP contribution in [-0.2, 0) is 4.79 Å². The van der Waals surface area contributed by atoms with Crippen LogP contribution in [0.25, 0.3) is 0 Å². The van der Waals surface area contributed by atoms with Crippen LogP contribution >= 0.6 is 0 Å². The van der Waals surface area contributed by atoms with Gasteiger partial charge in [0.05, 0.1) is 12.8 Å². The number of nitrogens with one attached hydrogen (secondary N) is 1. The number of carbonyl (C=O) groups is 1. The lowest BCUT2D eigenvalue weighted by Crippen LogP contribution is -2.42. The number of rotatable bonds is 11. The van der Waals surface area contributed by atoms with E-state index in [0.717, 1.165) is 24.3 Å². The molecule has 2 aromatic carbocycles. The summed E-state index contributed by atoms with van der Waals surface area (Å²) in [6.45, 7) is 3.12. The van der Waals surface area contributed by atoms with E-state index in [1.165, 1.54) is 32.1 Å². The molecule has 1 aliphatic heterocycles. The van der Waals surface area contributed by atoms with Gasteiger partial charge in [-0.2, -0.15) is 5.10 Å². The van der Waals surface area contributed by atoms with Gasteiger partial charge in [-0.1, -0.05) is 51.2 Å². The third-order valence-corrected chi connectivity index (χ3v) is 4.84. The molecule has 0 saturated carbocycles. The Morgan fingerprint density at radius 3 is 2.60 bits per heavy atom.